The fraction of sp³-hybridized carbons (Fsp3) is 0.147. The minimum Gasteiger partial charge on any atom is -0.488 e. The number of aromatic nitrogens is 4. The maximum atomic E-state index is 15.5. The van der Waals surface area contributed by atoms with Crippen LogP contribution >= 0.6 is 27.3 Å². The third-order valence-electron chi connectivity index (χ3n) is 7.43. The first kappa shape index (κ1) is 33.3. The van der Waals surface area contributed by atoms with Crippen molar-refractivity contribution < 1.29 is 21.9 Å². The van der Waals surface area contributed by atoms with E-state index in [4.69, 9.17) is 9.72 Å². The van der Waals surface area contributed by atoms with Crippen molar-refractivity contribution in [2.45, 2.75) is 26.0 Å². The molecule has 1 atom stereocenters. The number of anilines is 2. The average molecular weight is 750 g/mol. The van der Waals surface area contributed by atoms with Crippen molar-refractivity contribution in [1.29, 1.82) is 0 Å². The fourth-order valence-electron chi connectivity index (χ4n) is 4.98. The summed E-state index contributed by atoms with van der Waals surface area (Å²) >= 11 is 4.86. The Hall–Kier alpha value is -4.63. The van der Waals surface area contributed by atoms with Crippen LogP contribution in [-0.4, -0.2) is 45.3 Å². The number of rotatable bonds is 12. The number of hydrogen-bond acceptors (Lipinski definition) is 9. The Balaban J connectivity index is 1.22. The van der Waals surface area contributed by atoms with Gasteiger partial charge in [0.05, 0.1) is 21.7 Å². The van der Waals surface area contributed by atoms with Crippen molar-refractivity contribution in [3.8, 4) is 17.0 Å². The van der Waals surface area contributed by atoms with Gasteiger partial charge in [0.15, 0.2) is 0 Å². The Morgan fingerprint density at radius 3 is 2.69 bits per heavy atom. The standard InChI is InChI=1S/C34H27BrF2N6O3S2/c1-21(43(20-48(44)45)12-10-24-7-2-3-11-38-24)34-42-31(18-47-34)26-15-27-30(16-29(26)37)39-19-40-33(27)41-25-8-9-32(28(35)14-25)46-17-22-5-4-6-23(36)13-22/h2-9,11,13-16,18-21H,10,12,17H2,1H3,(H,39,40,41). The van der Waals surface area contributed by atoms with Gasteiger partial charge in [-0.3, -0.25) is 9.88 Å². The molecule has 3 heterocycles. The molecule has 0 aliphatic carbocycles. The third kappa shape index (κ3) is 8.08. The van der Waals surface area contributed by atoms with E-state index in [-0.39, 0.29) is 18.0 Å². The van der Waals surface area contributed by atoms with E-state index >= 15 is 4.39 Å². The molecule has 9 nitrogen and oxygen atoms in total. The summed E-state index contributed by atoms with van der Waals surface area (Å²) in [5.41, 5.74) is 4.44. The molecular formula is C34H27BrF2N6O3S2. The lowest BCUT2D eigenvalue weighted by Gasteiger charge is -2.22. The summed E-state index contributed by atoms with van der Waals surface area (Å²) in [5.74, 6) is 0.203. The van der Waals surface area contributed by atoms with Gasteiger partial charge in [-0.25, -0.2) is 23.7 Å². The van der Waals surface area contributed by atoms with Crippen molar-refractivity contribution >= 4 is 65.5 Å². The predicted molar refractivity (Wildman–Crippen MR) is 187 cm³/mol. The molecule has 0 aliphatic heterocycles. The number of halogens is 3. The molecule has 0 radical (unpaired) electrons. The van der Waals surface area contributed by atoms with E-state index in [0.717, 1.165) is 11.2 Å². The summed E-state index contributed by atoms with van der Waals surface area (Å²) in [7, 11) is -2.43. The lowest BCUT2D eigenvalue weighted by molar-refractivity contribution is 0.303. The highest BCUT2D eigenvalue weighted by atomic mass is 79.9. The van der Waals surface area contributed by atoms with Crippen molar-refractivity contribution in [2.75, 3.05) is 11.9 Å². The van der Waals surface area contributed by atoms with Crippen molar-refractivity contribution in [3.05, 3.63) is 123 Å². The van der Waals surface area contributed by atoms with Gasteiger partial charge in [0.25, 0.3) is 0 Å². The second-order valence-electron chi connectivity index (χ2n) is 10.7. The highest BCUT2D eigenvalue weighted by Gasteiger charge is 2.21. The van der Waals surface area contributed by atoms with Crippen LogP contribution in [0.1, 0.15) is 29.2 Å². The molecule has 48 heavy (non-hydrogen) atoms. The van der Waals surface area contributed by atoms with Crippen molar-refractivity contribution in [2.24, 2.45) is 0 Å². The lowest BCUT2D eigenvalue weighted by atomic mass is 10.1. The molecule has 14 heteroatoms. The van der Waals surface area contributed by atoms with E-state index in [9.17, 15) is 12.8 Å². The molecule has 0 amide bonds. The van der Waals surface area contributed by atoms with Crippen LogP contribution in [-0.2, 0) is 23.3 Å². The van der Waals surface area contributed by atoms with E-state index in [1.54, 1.807) is 40.7 Å². The van der Waals surface area contributed by atoms with Crippen LogP contribution in [0.5, 0.6) is 5.75 Å². The Labute approximate surface area is 289 Å². The van der Waals surface area contributed by atoms with E-state index < -0.39 is 22.2 Å². The number of thiazole rings is 1. The molecular weight excluding hydrogens is 722 g/mol. The monoisotopic (exact) mass is 748 g/mol. The Kier molecular flexibility index (Phi) is 10.4. The summed E-state index contributed by atoms with van der Waals surface area (Å²) in [6.45, 7) is 2.45. The van der Waals surface area contributed by atoms with Gasteiger partial charge >= 0.3 is 0 Å². The maximum absolute atomic E-state index is 15.5. The second-order valence-corrected chi connectivity index (χ2v) is 13.2. The highest BCUT2D eigenvalue weighted by molar-refractivity contribution is 9.10. The highest BCUT2D eigenvalue weighted by Crippen LogP contribution is 2.35. The molecule has 3 aromatic carbocycles. The van der Waals surface area contributed by atoms with Gasteiger partial charge < -0.3 is 10.1 Å². The zero-order valence-electron chi connectivity index (χ0n) is 25.3. The molecule has 6 rings (SSSR count). The maximum Gasteiger partial charge on any atom is 0.225 e. The lowest BCUT2D eigenvalue weighted by Crippen LogP contribution is -2.28. The molecule has 1 unspecified atom stereocenters. The normalized spacial score (nSPS) is 11.9. The van der Waals surface area contributed by atoms with Crippen LogP contribution in [0.4, 0.5) is 20.3 Å². The number of fused-ring (bicyclic) bond motifs is 1. The van der Waals surface area contributed by atoms with Gasteiger partial charge in [-0.2, -0.15) is 8.42 Å². The average Bonchev–Trinajstić information content (AvgIpc) is 3.56. The fourth-order valence-corrected chi connectivity index (χ4v) is 6.87. The molecule has 6 aromatic rings. The van der Waals surface area contributed by atoms with Crippen LogP contribution < -0.4 is 10.1 Å². The summed E-state index contributed by atoms with van der Waals surface area (Å²) in [6, 6.07) is 19.8. The third-order valence-corrected chi connectivity index (χ3v) is 9.51. The van der Waals surface area contributed by atoms with E-state index in [1.165, 1.54) is 35.9 Å². The quantitative estimate of drug-likeness (QED) is 0.126. The smallest absolute Gasteiger partial charge is 0.225 e. The number of hydrogen-bond donors (Lipinski definition) is 1. The molecule has 244 valence electrons. The first-order valence-corrected chi connectivity index (χ1v) is 17.5. The molecule has 0 fully saturated rings. The summed E-state index contributed by atoms with van der Waals surface area (Å²) in [6.07, 6.45) is 3.58. The van der Waals surface area contributed by atoms with Gasteiger partial charge in [-0.15, -0.1) is 11.3 Å². The first-order valence-electron chi connectivity index (χ1n) is 14.7. The van der Waals surface area contributed by atoms with E-state index in [1.807, 2.05) is 37.3 Å². The van der Waals surface area contributed by atoms with Gasteiger partial charge in [0, 0.05) is 52.9 Å². The molecule has 0 saturated heterocycles. The van der Waals surface area contributed by atoms with Gasteiger partial charge in [0.2, 0.25) is 10.3 Å². The van der Waals surface area contributed by atoms with Crippen LogP contribution in [0.3, 0.4) is 0 Å². The summed E-state index contributed by atoms with van der Waals surface area (Å²) in [5, 5.41) is 6.22. The minimum atomic E-state index is -2.43. The molecule has 0 aliphatic rings. The number of nitrogens with one attached hydrogen (secondary N) is 1. The molecule has 0 spiro atoms. The van der Waals surface area contributed by atoms with Gasteiger partial charge in [0.1, 0.15) is 46.6 Å². The largest absolute Gasteiger partial charge is 0.488 e. The number of benzene rings is 3. The predicted octanol–water partition coefficient (Wildman–Crippen LogP) is 7.76. The Bertz CT molecular complexity index is 2210. The zero-order valence-corrected chi connectivity index (χ0v) is 28.6. The van der Waals surface area contributed by atoms with E-state index in [2.05, 4.69) is 36.2 Å². The van der Waals surface area contributed by atoms with Gasteiger partial charge in [-0.05, 0) is 76.9 Å². The Morgan fingerprint density at radius 2 is 1.92 bits per heavy atom. The number of ether oxygens (including phenoxy) is 1. The van der Waals surface area contributed by atoms with Crippen LogP contribution in [0.2, 0.25) is 0 Å². The summed E-state index contributed by atoms with van der Waals surface area (Å²) < 4.78 is 58.8. The minimum absolute atomic E-state index is 0.199. The van der Waals surface area contributed by atoms with Crippen molar-refractivity contribution in [1.82, 2.24) is 24.8 Å². The molecule has 3 aromatic heterocycles. The summed E-state index contributed by atoms with van der Waals surface area (Å²) in [4.78, 5) is 19.4. The SMILES string of the molecule is CC(c1nc(-c2cc3c(Nc4ccc(OCc5cccc(F)c5)c(Br)c4)ncnc3cc2F)cs1)N(C=S(=O)=O)CCc1ccccn1. The molecule has 0 bridgehead atoms. The second kappa shape index (κ2) is 15.1. The van der Waals surface area contributed by atoms with Crippen LogP contribution in [0, 0.1) is 11.6 Å². The van der Waals surface area contributed by atoms with Gasteiger partial charge in [-0.1, -0.05) is 18.2 Å². The van der Waals surface area contributed by atoms with E-state index in [0.29, 0.717) is 61.9 Å². The molecule has 1 N–H and O–H groups in total. The topological polar surface area (TPSA) is 110 Å². The number of nitrogens with zero attached hydrogens (tertiary/aromatic N) is 5. The first-order chi connectivity index (χ1) is 23.2. The zero-order chi connectivity index (χ0) is 33.6. The Morgan fingerprint density at radius 1 is 1.04 bits per heavy atom. The van der Waals surface area contributed by atoms with Crippen LogP contribution in [0.25, 0.3) is 22.2 Å². The molecule has 0 saturated carbocycles. The van der Waals surface area contributed by atoms with Crippen molar-refractivity contribution in [3.63, 3.8) is 0 Å². The number of pyridine rings is 1. The van der Waals surface area contributed by atoms with Crippen LogP contribution in [0.15, 0.2) is 95.2 Å².